The topological polar surface area (TPSA) is 63.1 Å². The number of nitrogens with zero attached hydrogens (tertiary/aromatic N) is 1. The summed E-state index contributed by atoms with van der Waals surface area (Å²) in [6.07, 6.45) is 7.08. The zero-order valence-corrected chi connectivity index (χ0v) is 12.5. The molecule has 1 unspecified atom stereocenters. The van der Waals surface area contributed by atoms with Crippen LogP contribution < -0.4 is 5.32 Å². The van der Waals surface area contributed by atoms with E-state index in [0.717, 1.165) is 48.9 Å². The highest BCUT2D eigenvalue weighted by Gasteiger charge is 2.14. The predicted octanol–water partition coefficient (Wildman–Crippen LogP) is 3.03. The molecule has 1 aliphatic heterocycles. The Morgan fingerprint density at radius 3 is 3.10 bits per heavy atom. The molecule has 1 aliphatic rings. The Bertz CT molecular complexity index is 555. The van der Waals surface area contributed by atoms with Gasteiger partial charge in [-0.1, -0.05) is 0 Å². The molecule has 21 heavy (non-hydrogen) atoms. The van der Waals surface area contributed by atoms with Crippen molar-refractivity contribution < 1.29 is 9.15 Å². The lowest BCUT2D eigenvalue weighted by Crippen LogP contribution is -2.25. The molecule has 0 amide bonds. The maximum Gasteiger partial charge on any atom is 0.152 e. The van der Waals surface area contributed by atoms with E-state index < -0.39 is 0 Å². The van der Waals surface area contributed by atoms with Crippen LogP contribution in [0.4, 0.5) is 0 Å². The summed E-state index contributed by atoms with van der Waals surface area (Å²) in [7, 11) is 0. The number of ether oxygens (including phenoxy) is 1. The highest BCUT2D eigenvalue weighted by Crippen LogP contribution is 2.23. The van der Waals surface area contributed by atoms with Crippen LogP contribution in [0.3, 0.4) is 0 Å². The van der Waals surface area contributed by atoms with Gasteiger partial charge in [-0.05, 0) is 51.3 Å². The van der Waals surface area contributed by atoms with Gasteiger partial charge in [0.05, 0.1) is 12.3 Å². The zero-order chi connectivity index (χ0) is 14.5. The smallest absolute Gasteiger partial charge is 0.152 e. The monoisotopic (exact) mass is 289 g/mol. The fraction of sp³-hybridized carbons (Fsp3) is 0.562. The average Bonchev–Trinajstić information content (AvgIpc) is 3.13. The number of aryl methyl sites for hydroxylation is 1. The van der Waals surface area contributed by atoms with Gasteiger partial charge < -0.3 is 14.5 Å². The van der Waals surface area contributed by atoms with E-state index in [1.54, 1.807) is 0 Å². The number of hydrogen-bond donors (Lipinski definition) is 2. The van der Waals surface area contributed by atoms with Crippen LogP contribution in [0, 0.1) is 6.92 Å². The van der Waals surface area contributed by atoms with Crippen molar-refractivity contribution in [2.75, 3.05) is 13.2 Å². The summed E-state index contributed by atoms with van der Waals surface area (Å²) in [5.41, 5.74) is 2.10. The van der Waals surface area contributed by atoms with Crippen molar-refractivity contribution in [1.82, 2.24) is 15.5 Å². The normalized spacial score (nSPS) is 19.0. The van der Waals surface area contributed by atoms with Crippen LogP contribution >= 0.6 is 0 Å². The van der Waals surface area contributed by atoms with Gasteiger partial charge in [-0.15, -0.1) is 0 Å². The van der Waals surface area contributed by atoms with Crippen LogP contribution in [-0.2, 0) is 11.3 Å². The van der Waals surface area contributed by atoms with Gasteiger partial charge in [-0.3, -0.25) is 5.10 Å². The van der Waals surface area contributed by atoms with Crippen molar-refractivity contribution in [3.05, 3.63) is 29.7 Å². The SMILES string of the molecule is Cc1ccc(-c2[nH]ncc2CNCCC2CCCCO2)o1. The Morgan fingerprint density at radius 2 is 2.33 bits per heavy atom. The number of hydrogen-bond acceptors (Lipinski definition) is 4. The second-order valence-electron chi connectivity index (χ2n) is 5.63. The first-order valence-electron chi connectivity index (χ1n) is 7.74. The molecule has 0 bridgehead atoms. The van der Waals surface area contributed by atoms with Gasteiger partial charge in [0.15, 0.2) is 5.76 Å². The van der Waals surface area contributed by atoms with E-state index in [1.807, 2.05) is 25.3 Å². The summed E-state index contributed by atoms with van der Waals surface area (Å²) in [6.45, 7) is 4.63. The van der Waals surface area contributed by atoms with E-state index in [1.165, 1.54) is 19.3 Å². The van der Waals surface area contributed by atoms with Gasteiger partial charge in [0, 0.05) is 18.7 Å². The molecule has 3 rings (SSSR count). The number of furan rings is 1. The van der Waals surface area contributed by atoms with Crippen molar-refractivity contribution in [3.63, 3.8) is 0 Å². The Morgan fingerprint density at radius 1 is 1.38 bits per heavy atom. The lowest BCUT2D eigenvalue weighted by Gasteiger charge is -2.22. The summed E-state index contributed by atoms with van der Waals surface area (Å²) in [6, 6.07) is 3.94. The first kappa shape index (κ1) is 14.4. The summed E-state index contributed by atoms with van der Waals surface area (Å²) in [4.78, 5) is 0. The molecule has 114 valence electrons. The lowest BCUT2D eigenvalue weighted by atomic mass is 10.1. The number of nitrogens with one attached hydrogen (secondary N) is 2. The third-order valence-corrected chi connectivity index (χ3v) is 3.94. The van der Waals surface area contributed by atoms with Gasteiger partial charge in [0.2, 0.25) is 0 Å². The summed E-state index contributed by atoms with van der Waals surface area (Å²) in [5, 5.41) is 10.6. The van der Waals surface area contributed by atoms with Crippen molar-refractivity contribution >= 4 is 0 Å². The first-order valence-corrected chi connectivity index (χ1v) is 7.74. The minimum Gasteiger partial charge on any atom is -0.460 e. The van der Waals surface area contributed by atoms with Crippen molar-refractivity contribution in [2.45, 2.75) is 45.3 Å². The maximum absolute atomic E-state index is 5.74. The second kappa shape index (κ2) is 6.91. The molecule has 0 aromatic carbocycles. The fourth-order valence-electron chi connectivity index (χ4n) is 2.75. The molecular weight excluding hydrogens is 266 g/mol. The molecular formula is C16H23N3O2. The Balaban J connectivity index is 1.48. The summed E-state index contributed by atoms with van der Waals surface area (Å²) < 4.78 is 11.4. The van der Waals surface area contributed by atoms with Crippen LogP contribution in [-0.4, -0.2) is 29.5 Å². The molecule has 0 saturated carbocycles. The standard InChI is InChI=1S/C16H23N3O2/c1-12-5-6-15(21-12)16-13(11-18-19-16)10-17-8-7-14-4-2-3-9-20-14/h5-6,11,14,17H,2-4,7-10H2,1H3,(H,18,19). The highest BCUT2D eigenvalue weighted by molar-refractivity contribution is 5.56. The van der Waals surface area contributed by atoms with Crippen LogP contribution in [0.15, 0.2) is 22.7 Å². The third kappa shape index (κ3) is 3.74. The number of rotatable bonds is 6. The van der Waals surface area contributed by atoms with Gasteiger partial charge in [-0.2, -0.15) is 5.10 Å². The molecule has 2 aromatic rings. The summed E-state index contributed by atoms with van der Waals surface area (Å²) in [5.74, 6) is 1.75. The maximum atomic E-state index is 5.74. The fourth-order valence-corrected chi connectivity index (χ4v) is 2.75. The number of aromatic nitrogens is 2. The Kier molecular flexibility index (Phi) is 4.72. The minimum absolute atomic E-state index is 0.433. The minimum atomic E-state index is 0.433. The molecule has 1 fully saturated rings. The molecule has 5 heteroatoms. The number of aromatic amines is 1. The van der Waals surface area contributed by atoms with Crippen molar-refractivity contribution in [2.24, 2.45) is 0 Å². The Hall–Kier alpha value is -1.59. The van der Waals surface area contributed by atoms with E-state index in [0.29, 0.717) is 6.10 Å². The van der Waals surface area contributed by atoms with E-state index in [9.17, 15) is 0 Å². The molecule has 0 spiro atoms. The molecule has 1 saturated heterocycles. The van der Waals surface area contributed by atoms with Crippen molar-refractivity contribution in [3.8, 4) is 11.5 Å². The van der Waals surface area contributed by atoms with E-state index >= 15 is 0 Å². The van der Waals surface area contributed by atoms with E-state index in [2.05, 4.69) is 15.5 Å². The van der Waals surface area contributed by atoms with Gasteiger partial charge in [-0.25, -0.2) is 0 Å². The van der Waals surface area contributed by atoms with Gasteiger partial charge in [0.25, 0.3) is 0 Å². The molecule has 1 atom stereocenters. The molecule has 2 N–H and O–H groups in total. The van der Waals surface area contributed by atoms with E-state index in [4.69, 9.17) is 9.15 Å². The lowest BCUT2D eigenvalue weighted by molar-refractivity contribution is 0.0115. The highest BCUT2D eigenvalue weighted by atomic mass is 16.5. The number of H-pyrrole nitrogens is 1. The average molecular weight is 289 g/mol. The molecule has 0 aliphatic carbocycles. The third-order valence-electron chi connectivity index (χ3n) is 3.94. The molecule has 2 aromatic heterocycles. The quantitative estimate of drug-likeness (QED) is 0.802. The van der Waals surface area contributed by atoms with Crippen LogP contribution in [0.2, 0.25) is 0 Å². The first-order chi connectivity index (χ1) is 10.3. The molecule has 0 radical (unpaired) electrons. The van der Waals surface area contributed by atoms with E-state index in [-0.39, 0.29) is 0 Å². The van der Waals surface area contributed by atoms with Crippen LogP contribution in [0.25, 0.3) is 11.5 Å². The molecule has 5 nitrogen and oxygen atoms in total. The van der Waals surface area contributed by atoms with Gasteiger partial charge >= 0.3 is 0 Å². The van der Waals surface area contributed by atoms with Crippen LogP contribution in [0.5, 0.6) is 0 Å². The van der Waals surface area contributed by atoms with Gasteiger partial charge in [0.1, 0.15) is 11.5 Å². The summed E-state index contributed by atoms with van der Waals surface area (Å²) >= 11 is 0. The Labute approximate surface area is 125 Å². The second-order valence-corrected chi connectivity index (χ2v) is 5.63. The van der Waals surface area contributed by atoms with Crippen LogP contribution in [0.1, 0.15) is 37.0 Å². The zero-order valence-electron chi connectivity index (χ0n) is 12.5. The largest absolute Gasteiger partial charge is 0.460 e. The predicted molar refractivity (Wildman–Crippen MR) is 80.9 cm³/mol. The van der Waals surface area contributed by atoms with Crippen molar-refractivity contribution in [1.29, 1.82) is 0 Å². The molecule has 3 heterocycles.